The summed E-state index contributed by atoms with van der Waals surface area (Å²) in [6.45, 7) is 8.45. The molecule has 0 aromatic rings. The zero-order valence-electron chi connectivity index (χ0n) is 8.34. The van der Waals surface area contributed by atoms with E-state index in [2.05, 4.69) is 11.1 Å². The predicted octanol–water partition coefficient (Wildman–Crippen LogP) is 2.45. The second kappa shape index (κ2) is 8.47. The van der Waals surface area contributed by atoms with Crippen molar-refractivity contribution in [1.82, 2.24) is 0 Å². The highest BCUT2D eigenvalue weighted by Gasteiger charge is 1.96. The number of ether oxygens (including phenoxy) is 1. The smallest absolute Gasteiger partial charge is 0.0728 e. The van der Waals surface area contributed by atoms with Crippen LogP contribution in [0.2, 0.25) is 0 Å². The second-order valence-corrected chi connectivity index (χ2v) is 2.24. The van der Waals surface area contributed by atoms with E-state index < -0.39 is 0 Å². The van der Waals surface area contributed by atoms with Crippen LogP contribution in [0.15, 0.2) is 16.6 Å². The van der Waals surface area contributed by atoms with E-state index in [4.69, 9.17) is 4.74 Å². The third-order valence-corrected chi connectivity index (χ3v) is 1.39. The van der Waals surface area contributed by atoms with Crippen molar-refractivity contribution >= 4 is 6.21 Å². The van der Waals surface area contributed by atoms with Gasteiger partial charge in [-0.1, -0.05) is 19.9 Å². The topological polar surface area (TPSA) is 21.6 Å². The molecule has 0 spiro atoms. The molecule has 0 saturated heterocycles. The minimum Gasteiger partial charge on any atom is -0.377 e. The molecule has 2 nitrogen and oxygen atoms in total. The lowest BCUT2D eigenvalue weighted by Gasteiger charge is -2.04. The van der Waals surface area contributed by atoms with Crippen molar-refractivity contribution in [2.24, 2.45) is 4.99 Å². The SMILES string of the molecule is CC.CCOCC1=CCCN=C1. The van der Waals surface area contributed by atoms with Gasteiger partial charge in [-0.15, -0.1) is 0 Å². The Balaban J connectivity index is 0.000000561. The van der Waals surface area contributed by atoms with Crippen LogP contribution in [0.25, 0.3) is 0 Å². The van der Waals surface area contributed by atoms with Gasteiger partial charge in [0.15, 0.2) is 0 Å². The van der Waals surface area contributed by atoms with Crippen LogP contribution >= 0.6 is 0 Å². The lowest BCUT2D eigenvalue weighted by Crippen LogP contribution is -2.02. The van der Waals surface area contributed by atoms with E-state index in [0.717, 1.165) is 26.2 Å². The average molecular weight is 169 g/mol. The minimum atomic E-state index is 0.722. The third kappa shape index (κ3) is 5.08. The molecule has 0 aliphatic carbocycles. The van der Waals surface area contributed by atoms with E-state index in [9.17, 15) is 0 Å². The molecule has 12 heavy (non-hydrogen) atoms. The first-order valence-electron chi connectivity index (χ1n) is 4.70. The molecule has 0 amide bonds. The van der Waals surface area contributed by atoms with Crippen LogP contribution in [0.4, 0.5) is 0 Å². The fourth-order valence-corrected chi connectivity index (χ4v) is 0.875. The summed E-state index contributed by atoms with van der Waals surface area (Å²) in [6, 6.07) is 0. The molecule has 0 unspecified atom stereocenters. The van der Waals surface area contributed by atoms with Crippen LogP contribution < -0.4 is 0 Å². The number of nitrogens with zero attached hydrogens (tertiary/aromatic N) is 1. The Morgan fingerprint density at radius 1 is 1.50 bits per heavy atom. The van der Waals surface area contributed by atoms with Crippen molar-refractivity contribution in [1.29, 1.82) is 0 Å². The highest BCUT2D eigenvalue weighted by atomic mass is 16.5. The van der Waals surface area contributed by atoms with Crippen molar-refractivity contribution in [2.75, 3.05) is 19.8 Å². The van der Waals surface area contributed by atoms with Crippen LogP contribution in [0, 0.1) is 0 Å². The molecule has 0 aromatic heterocycles. The van der Waals surface area contributed by atoms with E-state index in [1.54, 1.807) is 0 Å². The molecule has 0 bridgehead atoms. The number of rotatable bonds is 3. The Hall–Kier alpha value is -0.630. The van der Waals surface area contributed by atoms with E-state index in [0.29, 0.717) is 0 Å². The number of hydrogen-bond acceptors (Lipinski definition) is 2. The van der Waals surface area contributed by atoms with Crippen molar-refractivity contribution in [3.05, 3.63) is 11.6 Å². The largest absolute Gasteiger partial charge is 0.377 e. The minimum absolute atomic E-state index is 0.722. The summed E-state index contributed by atoms with van der Waals surface area (Å²) >= 11 is 0. The maximum atomic E-state index is 5.21. The van der Waals surface area contributed by atoms with Crippen molar-refractivity contribution in [3.8, 4) is 0 Å². The molecular weight excluding hydrogens is 150 g/mol. The molecule has 1 aliphatic rings. The number of hydrogen-bond donors (Lipinski definition) is 0. The Labute approximate surface area is 75.3 Å². The molecule has 0 saturated carbocycles. The molecular formula is C10H19NO. The molecule has 0 aromatic carbocycles. The Morgan fingerprint density at radius 3 is 2.75 bits per heavy atom. The van der Waals surface area contributed by atoms with Crippen molar-refractivity contribution in [2.45, 2.75) is 27.2 Å². The first kappa shape index (κ1) is 11.4. The lowest BCUT2D eigenvalue weighted by atomic mass is 10.2. The van der Waals surface area contributed by atoms with Gasteiger partial charge in [0.1, 0.15) is 0 Å². The van der Waals surface area contributed by atoms with Crippen LogP contribution in [-0.4, -0.2) is 26.0 Å². The zero-order chi connectivity index (χ0) is 9.23. The van der Waals surface area contributed by atoms with E-state index in [-0.39, 0.29) is 0 Å². The van der Waals surface area contributed by atoms with Crippen LogP contribution in [-0.2, 0) is 4.74 Å². The molecule has 0 radical (unpaired) electrons. The summed E-state index contributed by atoms with van der Waals surface area (Å²) in [5.74, 6) is 0. The van der Waals surface area contributed by atoms with Gasteiger partial charge < -0.3 is 4.74 Å². The Morgan fingerprint density at radius 2 is 2.25 bits per heavy atom. The fraction of sp³-hybridized carbons (Fsp3) is 0.700. The maximum Gasteiger partial charge on any atom is 0.0728 e. The molecule has 2 heteroatoms. The highest BCUT2D eigenvalue weighted by molar-refractivity contribution is 5.79. The van der Waals surface area contributed by atoms with Gasteiger partial charge in [0.05, 0.1) is 6.61 Å². The van der Waals surface area contributed by atoms with E-state index in [1.165, 1.54) is 5.57 Å². The van der Waals surface area contributed by atoms with Gasteiger partial charge in [0, 0.05) is 19.4 Å². The molecule has 0 fully saturated rings. The Bertz CT molecular complexity index is 150. The fourth-order valence-electron chi connectivity index (χ4n) is 0.875. The summed E-state index contributed by atoms with van der Waals surface area (Å²) in [4.78, 5) is 4.14. The van der Waals surface area contributed by atoms with E-state index >= 15 is 0 Å². The Kier molecular flexibility index (Phi) is 8.02. The summed E-state index contributed by atoms with van der Waals surface area (Å²) in [6.07, 6.45) is 5.15. The van der Waals surface area contributed by atoms with Crippen molar-refractivity contribution in [3.63, 3.8) is 0 Å². The standard InChI is InChI=1S/C8H13NO.C2H6/c1-2-10-7-8-4-3-5-9-6-8;1-2/h4,6H,2-3,5,7H2,1H3;1-2H3. The van der Waals surface area contributed by atoms with Crippen LogP contribution in [0.1, 0.15) is 27.2 Å². The molecule has 1 heterocycles. The van der Waals surface area contributed by atoms with Gasteiger partial charge >= 0.3 is 0 Å². The molecule has 1 rings (SSSR count). The van der Waals surface area contributed by atoms with Gasteiger partial charge in [-0.25, -0.2) is 0 Å². The van der Waals surface area contributed by atoms with Crippen LogP contribution in [0.5, 0.6) is 0 Å². The highest BCUT2D eigenvalue weighted by Crippen LogP contribution is 2.00. The van der Waals surface area contributed by atoms with Gasteiger partial charge in [0.25, 0.3) is 0 Å². The predicted molar refractivity (Wildman–Crippen MR) is 53.9 cm³/mol. The third-order valence-electron chi connectivity index (χ3n) is 1.39. The molecule has 0 N–H and O–H groups in total. The summed E-state index contributed by atoms with van der Waals surface area (Å²) < 4.78 is 5.21. The van der Waals surface area contributed by atoms with Gasteiger partial charge in [0.2, 0.25) is 0 Å². The summed E-state index contributed by atoms with van der Waals surface area (Å²) in [7, 11) is 0. The van der Waals surface area contributed by atoms with Gasteiger partial charge in [-0.05, 0) is 18.9 Å². The maximum absolute atomic E-state index is 5.21. The summed E-state index contributed by atoms with van der Waals surface area (Å²) in [5, 5.41) is 0. The second-order valence-electron chi connectivity index (χ2n) is 2.24. The molecule has 70 valence electrons. The van der Waals surface area contributed by atoms with Gasteiger partial charge in [-0.3, -0.25) is 4.99 Å². The lowest BCUT2D eigenvalue weighted by molar-refractivity contribution is 0.174. The number of aliphatic imine (C=N–C) groups is 1. The quantitative estimate of drug-likeness (QED) is 0.636. The molecule has 1 aliphatic heterocycles. The zero-order valence-corrected chi connectivity index (χ0v) is 8.34. The molecule has 0 atom stereocenters. The normalized spacial score (nSPS) is 14.8. The first-order valence-corrected chi connectivity index (χ1v) is 4.70. The first-order chi connectivity index (χ1) is 5.93. The average Bonchev–Trinajstić information content (AvgIpc) is 2.19. The van der Waals surface area contributed by atoms with Crippen molar-refractivity contribution < 1.29 is 4.74 Å². The van der Waals surface area contributed by atoms with Crippen LogP contribution in [0.3, 0.4) is 0 Å². The van der Waals surface area contributed by atoms with E-state index in [1.807, 2.05) is 27.0 Å². The van der Waals surface area contributed by atoms with Gasteiger partial charge in [-0.2, -0.15) is 0 Å². The monoisotopic (exact) mass is 169 g/mol. The number of dihydropyridines is 1. The summed E-state index contributed by atoms with van der Waals surface area (Å²) in [5.41, 5.74) is 1.22.